The largest absolute Gasteiger partial charge is 0.389 e. The standard InChI is InChI=1S/C27H43N3O6/c1-16(7-10-24-19(4)27(15-34-27)14-21(36-24)13-26(33)30-28)6-9-23-17(2)12-22(20(5)35-23)29-25(32)11-8-18(3)31/h6-8,10-11,17-24,31H,9,12-15,28H2,1-5H3,(H,29,32)(H,30,33). The minimum atomic E-state index is -0.654. The first kappa shape index (κ1) is 28.5. The molecular formula is C27H43N3O6. The Kier molecular flexibility index (Phi) is 9.88. The molecule has 3 aliphatic heterocycles. The van der Waals surface area contributed by atoms with E-state index < -0.39 is 6.10 Å². The fourth-order valence-corrected chi connectivity index (χ4v) is 5.12. The van der Waals surface area contributed by atoms with Gasteiger partial charge in [-0.1, -0.05) is 43.7 Å². The molecular weight excluding hydrogens is 462 g/mol. The smallest absolute Gasteiger partial charge is 0.244 e. The van der Waals surface area contributed by atoms with E-state index in [1.165, 1.54) is 12.2 Å². The van der Waals surface area contributed by atoms with E-state index in [1.807, 2.05) is 6.92 Å². The van der Waals surface area contributed by atoms with E-state index in [9.17, 15) is 14.7 Å². The molecule has 0 bridgehead atoms. The maximum atomic E-state index is 12.1. The second-order valence-electron chi connectivity index (χ2n) is 10.7. The number of hydrazine groups is 1. The molecule has 9 heteroatoms. The van der Waals surface area contributed by atoms with Crippen molar-refractivity contribution in [1.82, 2.24) is 10.7 Å². The van der Waals surface area contributed by atoms with Crippen LogP contribution in [0.25, 0.3) is 0 Å². The number of rotatable bonds is 9. The SMILES string of the molecule is CC(C=CC1OC(CC(=O)NN)CC2(CO2)C1C)=CCC1OC(C)C(NC(=O)C=CC(C)O)CC1C. The normalized spacial score (nSPS) is 37.9. The second kappa shape index (κ2) is 12.5. The first-order valence-electron chi connectivity index (χ1n) is 13.0. The van der Waals surface area contributed by atoms with E-state index in [4.69, 9.17) is 20.1 Å². The zero-order chi connectivity index (χ0) is 26.5. The average Bonchev–Trinajstić information content (AvgIpc) is 3.60. The predicted octanol–water partition coefficient (Wildman–Crippen LogP) is 2.06. The molecule has 3 aliphatic rings. The quantitative estimate of drug-likeness (QED) is 0.0940. The Bertz CT molecular complexity index is 866. The third-order valence-electron chi connectivity index (χ3n) is 7.63. The number of ether oxygens (including phenoxy) is 3. The number of nitrogens with one attached hydrogen (secondary N) is 2. The molecule has 3 rings (SSSR count). The van der Waals surface area contributed by atoms with Gasteiger partial charge in [0.2, 0.25) is 11.8 Å². The molecule has 0 aromatic heterocycles. The monoisotopic (exact) mass is 505 g/mol. The number of aliphatic hydroxyl groups is 1. The van der Waals surface area contributed by atoms with Gasteiger partial charge in [0.15, 0.2) is 0 Å². The minimum Gasteiger partial charge on any atom is -0.389 e. The molecule has 3 heterocycles. The molecule has 0 radical (unpaired) electrons. The van der Waals surface area contributed by atoms with Gasteiger partial charge in [-0.15, -0.1) is 0 Å². The second-order valence-corrected chi connectivity index (χ2v) is 10.7. The highest BCUT2D eigenvalue weighted by molar-refractivity contribution is 5.87. The van der Waals surface area contributed by atoms with Crippen LogP contribution in [-0.2, 0) is 23.8 Å². The van der Waals surface area contributed by atoms with Crippen molar-refractivity contribution < 1.29 is 28.9 Å². The van der Waals surface area contributed by atoms with Gasteiger partial charge in [-0.3, -0.25) is 15.0 Å². The lowest BCUT2D eigenvalue weighted by Gasteiger charge is -2.39. The van der Waals surface area contributed by atoms with Crippen LogP contribution in [0.3, 0.4) is 0 Å². The van der Waals surface area contributed by atoms with Crippen LogP contribution < -0.4 is 16.6 Å². The van der Waals surface area contributed by atoms with Gasteiger partial charge < -0.3 is 24.6 Å². The summed E-state index contributed by atoms with van der Waals surface area (Å²) in [7, 11) is 0. The number of hydrogen-bond acceptors (Lipinski definition) is 7. The van der Waals surface area contributed by atoms with E-state index in [0.717, 1.165) is 18.4 Å². The van der Waals surface area contributed by atoms with Crippen molar-refractivity contribution in [1.29, 1.82) is 0 Å². The molecule has 3 saturated heterocycles. The van der Waals surface area contributed by atoms with Gasteiger partial charge in [-0.05, 0) is 39.5 Å². The van der Waals surface area contributed by atoms with Crippen molar-refractivity contribution in [3.8, 4) is 0 Å². The summed E-state index contributed by atoms with van der Waals surface area (Å²) in [6.45, 7) is 10.6. The molecule has 9 nitrogen and oxygen atoms in total. The molecule has 9 atom stereocenters. The fourth-order valence-electron chi connectivity index (χ4n) is 5.12. The lowest BCUT2D eigenvalue weighted by molar-refractivity contribution is -0.131. The van der Waals surface area contributed by atoms with E-state index in [0.29, 0.717) is 13.0 Å². The van der Waals surface area contributed by atoms with Crippen molar-refractivity contribution in [2.45, 2.75) is 102 Å². The van der Waals surface area contributed by atoms with Crippen LogP contribution in [0.1, 0.15) is 60.3 Å². The third-order valence-corrected chi connectivity index (χ3v) is 7.63. The van der Waals surface area contributed by atoms with Gasteiger partial charge in [0, 0.05) is 18.4 Å². The van der Waals surface area contributed by atoms with E-state index in [1.54, 1.807) is 6.92 Å². The number of carbonyl (C=O) groups excluding carboxylic acids is 2. The average molecular weight is 506 g/mol. The van der Waals surface area contributed by atoms with Crippen LogP contribution in [0.5, 0.6) is 0 Å². The lowest BCUT2D eigenvalue weighted by Crippen LogP contribution is -2.50. The van der Waals surface area contributed by atoms with E-state index >= 15 is 0 Å². The molecule has 36 heavy (non-hydrogen) atoms. The number of nitrogens with two attached hydrogens (primary N) is 1. The third kappa shape index (κ3) is 7.73. The summed E-state index contributed by atoms with van der Waals surface area (Å²) in [6.07, 6.45) is 10.6. The number of aliphatic hydroxyl groups excluding tert-OH is 1. The Morgan fingerprint density at radius 2 is 1.94 bits per heavy atom. The summed E-state index contributed by atoms with van der Waals surface area (Å²) < 4.78 is 18.2. The molecule has 9 unspecified atom stereocenters. The molecule has 2 amide bonds. The van der Waals surface area contributed by atoms with Crippen molar-refractivity contribution in [3.63, 3.8) is 0 Å². The van der Waals surface area contributed by atoms with Crippen LogP contribution in [-0.4, -0.2) is 65.7 Å². The topological polar surface area (TPSA) is 135 Å². The molecule has 202 valence electrons. The van der Waals surface area contributed by atoms with Crippen molar-refractivity contribution in [3.05, 3.63) is 36.0 Å². The maximum absolute atomic E-state index is 12.1. The van der Waals surface area contributed by atoms with Gasteiger partial charge in [-0.2, -0.15) is 0 Å². The molecule has 3 fully saturated rings. The Labute approximate surface area is 214 Å². The summed E-state index contributed by atoms with van der Waals surface area (Å²) in [5.74, 6) is 5.27. The predicted molar refractivity (Wildman–Crippen MR) is 136 cm³/mol. The van der Waals surface area contributed by atoms with Crippen LogP contribution in [0.15, 0.2) is 36.0 Å². The number of allylic oxidation sites excluding steroid dienone is 2. The number of carbonyl (C=O) groups is 2. The van der Waals surface area contributed by atoms with E-state index in [2.05, 4.69) is 49.7 Å². The summed E-state index contributed by atoms with van der Waals surface area (Å²) in [6, 6.07) is -0.0661. The maximum Gasteiger partial charge on any atom is 0.244 e. The van der Waals surface area contributed by atoms with Gasteiger partial charge >= 0.3 is 0 Å². The first-order valence-corrected chi connectivity index (χ1v) is 13.0. The van der Waals surface area contributed by atoms with Gasteiger partial charge in [0.25, 0.3) is 0 Å². The van der Waals surface area contributed by atoms with Gasteiger partial charge in [0.1, 0.15) is 0 Å². The van der Waals surface area contributed by atoms with Crippen molar-refractivity contribution in [2.24, 2.45) is 17.7 Å². The van der Waals surface area contributed by atoms with Gasteiger partial charge in [0.05, 0.1) is 55.2 Å². The Hall–Kier alpha value is -2.04. The highest BCUT2D eigenvalue weighted by atomic mass is 16.6. The molecule has 0 aromatic rings. The number of epoxide rings is 1. The van der Waals surface area contributed by atoms with Gasteiger partial charge in [-0.25, -0.2) is 5.84 Å². The first-order chi connectivity index (χ1) is 17.0. The number of hydrogen-bond donors (Lipinski definition) is 4. The highest BCUT2D eigenvalue weighted by Gasteiger charge is 2.56. The number of amides is 2. The van der Waals surface area contributed by atoms with Crippen LogP contribution in [0.4, 0.5) is 0 Å². The molecule has 0 aromatic carbocycles. The zero-order valence-electron chi connectivity index (χ0n) is 22.1. The van der Waals surface area contributed by atoms with Crippen LogP contribution in [0.2, 0.25) is 0 Å². The van der Waals surface area contributed by atoms with Crippen molar-refractivity contribution in [2.75, 3.05) is 6.61 Å². The fraction of sp³-hybridized carbons (Fsp3) is 0.704. The van der Waals surface area contributed by atoms with E-state index in [-0.39, 0.29) is 66.1 Å². The summed E-state index contributed by atoms with van der Waals surface area (Å²) in [5.41, 5.74) is 3.09. The Balaban J connectivity index is 1.52. The zero-order valence-corrected chi connectivity index (χ0v) is 22.1. The molecule has 0 saturated carbocycles. The Morgan fingerprint density at radius 1 is 1.22 bits per heavy atom. The van der Waals surface area contributed by atoms with Crippen LogP contribution in [0, 0.1) is 11.8 Å². The molecule has 1 spiro atoms. The molecule has 5 N–H and O–H groups in total. The summed E-state index contributed by atoms with van der Waals surface area (Å²) in [5, 5.41) is 12.3. The summed E-state index contributed by atoms with van der Waals surface area (Å²) in [4.78, 5) is 23.8. The highest BCUT2D eigenvalue weighted by Crippen LogP contribution is 2.47. The lowest BCUT2D eigenvalue weighted by atomic mass is 9.81. The summed E-state index contributed by atoms with van der Waals surface area (Å²) >= 11 is 0. The Morgan fingerprint density at radius 3 is 2.58 bits per heavy atom. The van der Waals surface area contributed by atoms with Crippen LogP contribution >= 0.6 is 0 Å². The molecule has 0 aliphatic carbocycles. The minimum absolute atomic E-state index is 0.0661. The van der Waals surface area contributed by atoms with Crippen molar-refractivity contribution >= 4 is 11.8 Å².